The Balaban J connectivity index is 1.89. The van der Waals surface area contributed by atoms with Crippen LogP contribution in [0.15, 0.2) is 41.1 Å². The third-order valence-electron chi connectivity index (χ3n) is 2.70. The number of nitrogens with zero attached hydrogens (tertiary/aromatic N) is 2. The minimum atomic E-state index is 0.494. The molecule has 2 rings (SSSR count). The molecule has 0 aliphatic rings. The zero-order valence-electron chi connectivity index (χ0n) is 11.5. The van der Waals surface area contributed by atoms with Gasteiger partial charge in [-0.3, -0.25) is 4.98 Å². The van der Waals surface area contributed by atoms with Crippen molar-refractivity contribution in [3.8, 4) is 5.88 Å². The molecule has 5 heteroatoms. The Bertz CT molecular complexity index is 531. The van der Waals surface area contributed by atoms with Crippen LogP contribution in [0, 0.1) is 0 Å². The fourth-order valence-electron chi connectivity index (χ4n) is 1.67. The van der Waals surface area contributed by atoms with Crippen LogP contribution in [0.3, 0.4) is 0 Å². The molecule has 0 aliphatic carbocycles. The minimum absolute atomic E-state index is 0.494. The number of hydrogen-bond donors (Lipinski definition) is 1. The summed E-state index contributed by atoms with van der Waals surface area (Å²) in [5.41, 5.74) is 2.00. The average Bonchev–Trinajstić information content (AvgIpc) is 2.47. The van der Waals surface area contributed by atoms with Crippen LogP contribution in [-0.4, -0.2) is 16.5 Å². The highest BCUT2D eigenvalue weighted by Gasteiger charge is 2.01. The zero-order valence-corrected chi connectivity index (χ0v) is 13.1. The van der Waals surface area contributed by atoms with Crippen molar-refractivity contribution in [3.63, 3.8) is 0 Å². The van der Waals surface area contributed by atoms with Gasteiger partial charge >= 0.3 is 0 Å². The number of hydrogen-bond acceptors (Lipinski definition) is 4. The Labute approximate surface area is 127 Å². The molecule has 0 bridgehead atoms. The summed E-state index contributed by atoms with van der Waals surface area (Å²) in [6.45, 7) is 4.33. The first-order valence-corrected chi connectivity index (χ1v) is 7.46. The maximum absolute atomic E-state index is 5.66. The number of benzene rings is 1. The Morgan fingerprint density at radius 1 is 1.20 bits per heavy atom. The monoisotopic (exact) mass is 335 g/mol. The summed E-state index contributed by atoms with van der Waals surface area (Å²) in [6, 6.07) is 8.03. The molecule has 1 aromatic carbocycles. The molecule has 1 N–H and O–H groups in total. The SMILES string of the molecule is CCCNCc1cncc(OCc2ccc(Br)cc2)n1. The summed E-state index contributed by atoms with van der Waals surface area (Å²) in [5.74, 6) is 0.559. The largest absolute Gasteiger partial charge is 0.472 e. The Morgan fingerprint density at radius 3 is 2.75 bits per heavy atom. The van der Waals surface area contributed by atoms with Gasteiger partial charge < -0.3 is 10.1 Å². The van der Waals surface area contributed by atoms with Crippen LogP contribution in [0.2, 0.25) is 0 Å². The van der Waals surface area contributed by atoms with E-state index in [1.54, 1.807) is 12.4 Å². The predicted molar refractivity (Wildman–Crippen MR) is 82.5 cm³/mol. The molecule has 0 saturated carbocycles. The van der Waals surface area contributed by atoms with E-state index in [-0.39, 0.29) is 0 Å². The molecule has 0 aliphatic heterocycles. The molecule has 0 amide bonds. The van der Waals surface area contributed by atoms with Gasteiger partial charge in [-0.25, -0.2) is 4.98 Å². The van der Waals surface area contributed by atoms with Gasteiger partial charge in [0.05, 0.1) is 11.9 Å². The Kier molecular flexibility index (Phi) is 5.95. The van der Waals surface area contributed by atoms with E-state index in [1.165, 1.54) is 0 Å². The Hall–Kier alpha value is -1.46. The van der Waals surface area contributed by atoms with Gasteiger partial charge in [-0.15, -0.1) is 0 Å². The fraction of sp³-hybridized carbons (Fsp3) is 0.333. The average molecular weight is 336 g/mol. The van der Waals surface area contributed by atoms with Crippen LogP contribution in [0.4, 0.5) is 0 Å². The lowest BCUT2D eigenvalue weighted by Gasteiger charge is -2.07. The number of ether oxygens (including phenoxy) is 1. The second kappa shape index (κ2) is 7.97. The summed E-state index contributed by atoms with van der Waals surface area (Å²) in [5, 5.41) is 3.30. The molecular formula is C15H18BrN3O. The van der Waals surface area contributed by atoms with Crippen molar-refractivity contribution in [1.82, 2.24) is 15.3 Å². The van der Waals surface area contributed by atoms with Crippen molar-refractivity contribution in [3.05, 3.63) is 52.4 Å². The lowest BCUT2D eigenvalue weighted by molar-refractivity contribution is 0.291. The molecule has 4 nitrogen and oxygen atoms in total. The summed E-state index contributed by atoms with van der Waals surface area (Å²) >= 11 is 3.41. The molecule has 2 aromatic rings. The van der Waals surface area contributed by atoms with E-state index >= 15 is 0 Å². The van der Waals surface area contributed by atoms with Crippen molar-refractivity contribution >= 4 is 15.9 Å². The molecule has 1 aromatic heterocycles. The molecule has 106 valence electrons. The number of nitrogens with one attached hydrogen (secondary N) is 1. The first-order chi connectivity index (χ1) is 9.78. The smallest absolute Gasteiger partial charge is 0.232 e. The van der Waals surface area contributed by atoms with E-state index in [1.807, 2.05) is 24.3 Å². The lowest BCUT2D eigenvalue weighted by Crippen LogP contribution is -2.15. The minimum Gasteiger partial charge on any atom is -0.472 e. The van der Waals surface area contributed by atoms with E-state index in [0.717, 1.165) is 35.2 Å². The molecular weight excluding hydrogens is 318 g/mol. The molecule has 1 heterocycles. The highest BCUT2D eigenvalue weighted by molar-refractivity contribution is 9.10. The highest BCUT2D eigenvalue weighted by Crippen LogP contribution is 2.13. The van der Waals surface area contributed by atoms with Gasteiger partial charge in [0.25, 0.3) is 0 Å². The summed E-state index contributed by atoms with van der Waals surface area (Å²) in [4.78, 5) is 8.58. The molecule has 0 saturated heterocycles. The van der Waals surface area contributed by atoms with Crippen molar-refractivity contribution < 1.29 is 4.74 Å². The van der Waals surface area contributed by atoms with Gasteiger partial charge in [-0.1, -0.05) is 35.0 Å². The van der Waals surface area contributed by atoms with Gasteiger partial charge in [0.2, 0.25) is 5.88 Å². The number of rotatable bonds is 7. The maximum atomic E-state index is 5.66. The molecule has 0 atom stereocenters. The van der Waals surface area contributed by atoms with Crippen LogP contribution in [0.5, 0.6) is 5.88 Å². The summed E-state index contributed by atoms with van der Waals surface area (Å²) in [7, 11) is 0. The van der Waals surface area contributed by atoms with Crippen molar-refractivity contribution in [2.24, 2.45) is 0 Å². The second-order valence-corrected chi connectivity index (χ2v) is 5.36. The van der Waals surface area contributed by atoms with E-state index in [0.29, 0.717) is 12.5 Å². The number of aromatic nitrogens is 2. The maximum Gasteiger partial charge on any atom is 0.232 e. The third-order valence-corrected chi connectivity index (χ3v) is 3.22. The molecule has 0 unspecified atom stereocenters. The third kappa shape index (κ3) is 4.90. The van der Waals surface area contributed by atoms with Crippen molar-refractivity contribution in [2.75, 3.05) is 6.54 Å². The van der Waals surface area contributed by atoms with Crippen LogP contribution >= 0.6 is 15.9 Å². The predicted octanol–water partition coefficient (Wildman–Crippen LogP) is 3.32. The van der Waals surface area contributed by atoms with E-state index in [2.05, 4.69) is 38.1 Å². The van der Waals surface area contributed by atoms with Crippen LogP contribution in [0.1, 0.15) is 24.6 Å². The fourth-order valence-corrected chi connectivity index (χ4v) is 1.94. The van der Waals surface area contributed by atoms with Crippen molar-refractivity contribution in [1.29, 1.82) is 0 Å². The summed E-state index contributed by atoms with van der Waals surface area (Å²) in [6.07, 6.45) is 4.50. The summed E-state index contributed by atoms with van der Waals surface area (Å²) < 4.78 is 6.72. The molecule has 0 fully saturated rings. The van der Waals surface area contributed by atoms with E-state index in [9.17, 15) is 0 Å². The van der Waals surface area contributed by atoms with Gasteiger partial charge in [-0.2, -0.15) is 0 Å². The topological polar surface area (TPSA) is 47.0 Å². The van der Waals surface area contributed by atoms with E-state index < -0.39 is 0 Å². The van der Waals surface area contributed by atoms with Crippen molar-refractivity contribution in [2.45, 2.75) is 26.5 Å². The van der Waals surface area contributed by atoms with Gasteiger partial charge in [0.1, 0.15) is 6.61 Å². The number of halogens is 1. The first-order valence-electron chi connectivity index (χ1n) is 6.67. The highest BCUT2D eigenvalue weighted by atomic mass is 79.9. The van der Waals surface area contributed by atoms with Gasteiger partial charge in [0, 0.05) is 17.2 Å². The van der Waals surface area contributed by atoms with E-state index in [4.69, 9.17) is 4.74 Å². The Morgan fingerprint density at radius 2 is 2.00 bits per heavy atom. The van der Waals surface area contributed by atoms with Gasteiger partial charge in [0.15, 0.2) is 0 Å². The quantitative estimate of drug-likeness (QED) is 0.788. The lowest BCUT2D eigenvalue weighted by atomic mass is 10.2. The normalized spacial score (nSPS) is 10.5. The standard InChI is InChI=1S/C15H18BrN3O/c1-2-7-17-8-14-9-18-10-15(19-14)20-11-12-3-5-13(16)6-4-12/h3-6,9-10,17H,2,7-8,11H2,1H3. The van der Waals surface area contributed by atoms with Crippen LogP contribution in [-0.2, 0) is 13.2 Å². The molecule has 0 spiro atoms. The first kappa shape index (κ1) is 14.9. The molecule has 0 radical (unpaired) electrons. The second-order valence-electron chi connectivity index (χ2n) is 4.44. The zero-order chi connectivity index (χ0) is 14.2. The molecule has 20 heavy (non-hydrogen) atoms. The van der Waals surface area contributed by atoms with Gasteiger partial charge in [-0.05, 0) is 30.7 Å². The van der Waals surface area contributed by atoms with Crippen LogP contribution < -0.4 is 10.1 Å². The van der Waals surface area contributed by atoms with Crippen LogP contribution in [0.25, 0.3) is 0 Å².